The zero-order valence-corrected chi connectivity index (χ0v) is 18.0. The predicted molar refractivity (Wildman–Crippen MR) is 113 cm³/mol. The lowest BCUT2D eigenvalue weighted by Gasteiger charge is -2.27. The SMILES string of the molecule is CC[C@@H](C)CNC(=O)C(CC1CCCCC1)NC(=O)N[C@@H](CCCCN)C(=O)O. The topological polar surface area (TPSA) is 134 Å². The van der Waals surface area contributed by atoms with Crippen LogP contribution in [0, 0.1) is 11.8 Å². The van der Waals surface area contributed by atoms with Crippen LogP contribution in [0.15, 0.2) is 0 Å². The Kier molecular flexibility index (Phi) is 12.3. The van der Waals surface area contributed by atoms with Crippen LogP contribution in [-0.2, 0) is 9.59 Å². The molecular formula is C21H40N4O4. The van der Waals surface area contributed by atoms with Crippen LogP contribution >= 0.6 is 0 Å². The molecule has 1 unspecified atom stereocenters. The van der Waals surface area contributed by atoms with Gasteiger partial charge in [0.25, 0.3) is 0 Å². The van der Waals surface area contributed by atoms with Gasteiger partial charge < -0.3 is 26.8 Å². The molecule has 0 aromatic rings. The number of carbonyl (C=O) groups is 3. The van der Waals surface area contributed by atoms with E-state index in [1.54, 1.807) is 0 Å². The number of nitrogens with two attached hydrogens (primary N) is 1. The molecule has 0 aromatic carbocycles. The minimum Gasteiger partial charge on any atom is -0.480 e. The summed E-state index contributed by atoms with van der Waals surface area (Å²) in [6.45, 7) is 5.18. The van der Waals surface area contributed by atoms with Crippen molar-refractivity contribution in [1.29, 1.82) is 0 Å². The van der Waals surface area contributed by atoms with Gasteiger partial charge in [-0.3, -0.25) is 4.79 Å². The van der Waals surface area contributed by atoms with Crippen LogP contribution in [-0.4, -0.2) is 48.2 Å². The third kappa shape index (κ3) is 10.5. The highest BCUT2D eigenvalue weighted by Crippen LogP contribution is 2.27. The summed E-state index contributed by atoms with van der Waals surface area (Å²) in [6.07, 6.45) is 8.84. The van der Waals surface area contributed by atoms with Crippen LogP contribution in [0.3, 0.4) is 0 Å². The lowest BCUT2D eigenvalue weighted by Crippen LogP contribution is -2.54. The van der Waals surface area contributed by atoms with Crippen molar-refractivity contribution in [3.05, 3.63) is 0 Å². The van der Waals surface area contributed by atoms with Gasteiger partial charge in [-0.05, 0) is 44.1 Å². The number of unbranched alkanes of at least 4 members (excludes halogenated alkanes) is 1. The third-order valence-corrected chi connectivity index (χ3v) is 5.79. The van der Waals surface area contributed by atoms with Crippen molar-refractivity contribution >= 4 is 17.9 Å². The lowest BCUT2D eigenvalue weighted by molar-refractivity contribution is -0.139. The number of hydrogen-bond acceptors (Lipinski definition) is 4. The largest absolute Gasteiger partial charge is 0.480 e. The Hall–Kier alpha value is -1.83. The summed E-state index contributed by atoms with van der Waals surface area (Å²) in [5, 5.41) is 17.5. The van der Waals surface area contributed by atoms with E-state index in [-0.39, 0.29) is 5.91 Å². The summed E-state index contributed by atoms with van der Waals surface area (Å²) >= 11 is 0. The van der Waals surface area contributed by atoms with Crippen molar-refractivity contribution in [1.82, 2.24) is 16.0 Å². The average molecular weight is 413 g/mol. The monoisotopic (exact) mass is 412 g/mol. The maximum atomic E-state index is 12.7. The first kappa shape index (κ1) is 25.2. The molecule has 8 nitrogen and oxygen atoms in total. The number of carboxylic acids is 1. The Morgan fingerprint density at radius 1 is 1.07 bits per heavy atom. The number of amides is 3. The van der Waals surface area contributed by atoms with Crippen LogP contribution in [0.2, 0.25) is 0 Å². The zero-order chi connectivity index (χ0) is 21.6. The molecule has 0 saturated heterocycles. The minimum absolute atomic E-state index is 0.193. The first-order valence-corrected chi connectivity index (χ1v) is 11.1. The van der Waals surface area contributed by atoms with Crippen LogP contribution < -0.4 is 21.7 Å². The Bertz CT molecular complexity index is 509. The Morgan fingerprint density at radius 3 is 2.31 bits per heavy atom. The number of carboxylic acid groups (broad SMARTS) is 1. The molecule has 0 heterocycles. The van der Waals surface area contributed by atoms with Crippen molar-refractivity contribution in [2.45, 2.75) is 90.1 Å². The first-order chi connectivity index (χ1) is 13.9. The molecular weight excluding hydrogens is 372 g/mol. The molecule has 0 radical (unpaired) electrons. The zero-order valence-electron chi connectivity index (χ0n) is 18.0. The molecule has 1 fully saturated rings. The molecule has 1 aliphatic carbocycles. The molecule has 1 rings (SSSR count). The van der Waals surface area contributed by atoms with Gasteiger partial charge in [0.1, 0.15) is 12.1 Å². The van der Waals surface area contributed by atoms with Gasteiger partial charge in [-0.1, -0.05) is 52.4 Å². The van der Waals surface area contributed by atoms with E-state index in [0.717, 1.165) is 32.1 Å². The van der Waals surface area contributed by atoms with Gasteiger partial charge >= 0.3 is 12.0 Å². The van der Waals surface area contributed by atoms with Gasteiger partial charge in [-0.2, -0.15) is 0 Å². The van der Waals surface area contributed by atoms with Gasteiger partial charge in [0, 0.05) is 6.54 Å². The van der Waals surface area contributed by atoms with E-state index in [4.69, 9.17) is 5.73 Å². The van der Waals surface area contributed by atoms with Gasteiger partial charge in [-0.15, -0.1) is 0 Å². The fourth-order valence-corrected chi connectivity index (χ4v) is 3.64. The van der Waals surface area contributed by atoms with Gasteiger partial charge in [0.2, 0.25) is 5.91 Å². The second-order valence-corrected chi connectivity index (χ2v) is 8.34. The molecule has 3 atom stereocenters. The Labute approximate surface area is 174 Å². The van der Waals surface area contributed by atoms with E-state index in [9.17, 15) is 19.5 Å². The first-order valence-electron chi connectivity index (χ1n) is 11.1. The van der Waals surface area contributed by atoms with E-state index in [1.807, 2.05) is 0 Å². The summed E-state index contributed by atoms with van der Waals surface area (Å²) in [5.74, 6) is -0.506. The Balaban J connectivity index is 2.67. The highest BCUT2D eigenvalue weighted by molar-refractivity contribution is 5.88. The van der Waals surface area contributed by atoms with E-state index in [0.29, 0.717) is 50.6 Å². The number of carbonyl (C=O) groups excluding carboxylic acids is 2. The van der Waals surface area contributed by atoms with Crippen LogP contribution in [0.1, 0.15) is 78.1 Å². The number of nitrogens with one attached hydrogen (secondary N) is 3. The fraction of sp³-hybridized carbons (Fsp3) is 0.857. The second-order valence-electron chi connectivity index (χ2n) is 8.34. The lowest BCUT2D eigenvalue weighted by atomic mass is 9.84. The molecule has 6 N–H and O–H groups in total. The summed E-state index contributed by atoms with van der Waals surface area (Å²) in [5.41, 5.74) is 5.45. The predicted octanol–water partition coefficient (Wildman–Crippen LogP) is 2.37. The van der Waals surface area contributed by atoms with Crippen molar-refractivity contribution in [3.8, 4) is 0 Å². The van der Waals surface area contributed by atoms with Gasteiger partial charge in [-0.25, -0.2) is 9.59 Å². The molecule has 29 heavy (non-hydrogen) atoms. The molecule has 8 heteroatoms. The van der Waals surface area contributed by atoms with Crippen molar-refractivity contribution in [2.24, 2.45) is 17.6 Å². The minimum atomic E-state index is -1.08. The van der Waals surface area contributed by atoms with E-state index >= 15 is 0 Å². The second kappa shape index (κ2) is 14.2. The van der Waals surface area contributed by atoms with Crippen LogP contribution in [0.25, 0.3) is 0 Å². The highest BCUT2D eigenvalue weighted by Gasteiger charge is 2.27. The number of hydrogen-bond donors (Lipinski definition) is 5. The van der Waals surface area contributed by atoms with E-state index in [1.165, 1.54) is 6.42 Å². The quantitative estimate of drug-likeness (QED) is 0.296. The molecule has 0 aliphatic heterocycles. The summed E-state index contributed by atoms with van der Waals surface area (Å²) < 4.78 is 0. The average Bonchev–Trinajstić information content (AvgIpc) is 2.71. The maximum absolute atomic E-state index is 12.7. The van der Waals surface area contributed by atoms with Crippen LogP contribution in [0.4, 0.5) is 4.79 Å². The molecule has 1 saturated carbocycles. The molecule has 0 spiro atoms. The van der Waals surface area contributed by atoms with Gasteiger partial charge in [0.15, 0.2) is 0 Å². The standard InChI is InChI=1S/C21H40N4O4/c1-3-15(2)14-23-19(26)18(13-16-9-5-4-6-10-16)25-21(29)24-17(20(27)28)11-7-8-12-22/h15-18H,3-14,22H2,1-2H3,(H,23,26)(H,27,28)(H2,24,25,29)/t15-,17+,18?/m1/s1. The molecule has 3 amide bonds. The Morgan fingerprint density at radius 2 is 1.72 bits per heavy atom. The van der Waals surface area contributed by atoms with E-state index < -0.39 is 24.1 Å². The molecule has 0 bridgehead atoms. The number of rotatable bonds is 13. The smallest absolute Gasteiger partial charge is 0.326 e. The maximum Gasteiger partial charge on any atom is 0.326 e. The highest BCUT2D eigenvalue weighted by atomic mass is 16.4. The number of urea groups is 1. The van der Waals surface area contributed by atoms with Gasteiger partial charge in [0.05, 0.1) is 0 Å². The van der Waals surface area contributed by atoms with Crippen molar-refractivity contribution < 1.29 is 19.5 Å². The van der Waals surface area contributed by atoms with Crippen LogP contribution in [0.5, 0.6) is 0 Å². The van der Waals surface area contributed by atoms with E-state index in [2.05, 4.69) is 29.8 Å². The number of aliphatic carboxylic acids is 1. The molecule has 0 aromatic heterocycles. The fourth-order valence-electron chi connectivity index (χ4n) is 3.64. The summed E-state index contributed by atoms with van der Waals surface area (Å²) in [4.78, 5) is 36.6. The van der Waals surface area contributed by atoms with Crippen molar-refractivity contribution in [2.75, 3.05) is 13.1 Å². The molecule has 168 valence electrons. The van der Waals surface area contributed by atoms with Crippen molar-refractivity contribution in [3.63, 3.8) is 0 Å². The molecule has 1 aliphatic rings. The third-order valence-electron chi connectivity index (χ3n) is 5.79. The normalized spacial score (nSPS) is 17.8. The summed E-state index contributed by atoms with van der Waals surface area (Å²) in [7, 11) is 0. The summed E-state index contributed by atoms with van der Waals surface area (Å²) in [6, 6.07) is -2.25.